The number of thiazole rings is 1. The van der Waals surface area contributed by atoms with Gasteiger partial charge in [-0.05, 0) is 4.70 Å². The van der Waals surface area contributed by atoms with E-state index in [-0.39, 0.29) is 20.1 Å². The molecule has 0 saturated carbocycles. The number of halogens is 1. The molecule has 0 amide bonds. The number of aryl methyl sites for hydroxylation is 1. The summed E-state index contributed by atoms with van der Waals surface area (Å²) in [5, 5.41) is 7.32. The summed E-state index contributed by atoms with van der Waals surface area (Å²) in [7, 11) is 1.84. The molecule has 0 aliphatic rings. The number of benzene rings is 1. The van der Waals surface area contributed by atoms with E-state index in [0.29, 0.717) is 11.3 Å². The van der Waals surface area contributed by atoms with Gasteiger partial charge < -0.3 is 4.57 Å². The van der Waals surface area contributed by atoms with Gasteiger partial charge in [-0.1, -0.05) is 0 Å². The molecule has 0 saturated heterocycles. The molecule has 0 fully saturated rings. The van der Waals surface area contributed by atoms with Gasteiger partial charge in [0.1, 0.15) is 6.33 Å². The van der Waals surface area contributed by atoms with Crippen LogP contribution in [0.3, 0.4) is 0 Å². The number of fused-ring (bicyclic) bond motifs is 1. The van der Waals surface area contributed by atoms with Crippen molar-refractivity contribution in [1.82, 2.24) is 19.7 Å². The molecule has 3 rings (SSSR count). The SMILES string of the molecule is Cn1cnnc1-c1[c-]cc2sc(F)nc2c1.[Ir]. The van der Waals surface area contributed by atoms with Crippen LogP contribution in [0.5, 0.6) is 0 Å². The van der Waals surface area contributed by atoms with Crippen molar-refractivity contribution in [3.05, 3.63) is 29.8 Å². The molecule has 1 radical (unpaired) electrons. The van der Waals surface area contributed by atoms with E-state index in [1.807, 2.05) is 7.05 Å². The maximum Gasteiger partial charge on any atom is 0.259 e. The third kappa shape index (κ3) is 2.13. The second-order valence-corrected chi connectivity index (χ2v) is 4.31. The van der Waals surface area contributed by atoms with Crippen molar-refractivity contribution in [3.63, 3.8) is 0 Å². The minimum Gasteiger partial charge on any atom is -0.357 e. The quantitative estimate of drug-likeness (QED) is 0.561. The van der Waals surface area contributed by atoms with Crippen LogP contribution in [0.1, 0.15) is 0 Å². The predicted molar refractivity (Wildman–Crippen MR) is 58.4 cm³/mol. The first-order valence-electron chi connectivity index (χ1n) is 4.56. The molecule has 17 heavy (non-hydrogen) atoms. The molecular weight excluding hydrogens is 419 g/mol. The molecule has 4 nitrogen and oxygen atoms in total. The zero-order valence-electron chi connectivity index (χ0n) is 8.64. The van der Waals surface area contributed by atoms with Gasteiger partial charge in [-0.3, -0.25) is 0 Å². The van der Waals surface area contributed by atoms with E-state index in [1.54, 1.807) is 23.0 Å². The van der Waals surface area contributed by atoms with Gasteiger partial charge in [0.15, 0.2) is 0 Å². The van der Waals surface area contributed by atoms with Gasteiger partial charge in [0.25, 0.3) is 5.26 Å². The van der Waals surface area contributed by atoms with Crippen LogP contribution < -0.4 is 0 Å². The first-order valence-corrected chi connectivity index (χ1v) is 5.38. The zero-order chi connectivity index (χ0) is 11.1. The van der Waals surface area contributed by atoms with Crippen molar-refractivity contribution < 1.29 is 24.5 Å². The van der Waals surface area contributed by atoms with E-state index in [0.717, 1.165) is 21.6 Å². The molecule has 0 bridgehead atoms. The van der Waals surface area contributed by atoms with Crippen LogP contribution in [0.2, 0.25) is 0 Å². The van der Waals surface area contributed by atoms with Crippen molar-refractivity contribution in [3.8, 4) is 11.4 Å². The number of hydrogen-bond acceptors (Lipinski definition) is 4. The Balaban J connectivity index is 0.00000108. The summed E-state index contributed by atoms with van der Waals surface area (Å²) in [6.07, 6.45) is 1.61. The fourth-order valence-corrected chi connectivity index (χ4v) is 2.15. The van der Waals surface area contributed by atoms with Gasteiger partial charge in [0.2, 0.25) is 0 Å². The monoisotopic (exact) mass is 426 g/mol. The van der Waals surface area contributed by atoms with Crippen LogP contribution in [0.4, 0.5) is 4.39 Å². The first kappa shape index (κ1) is 12.3. The van der Waals surface area contributed by atoms with E-state index in [2.05, 4.69) is 21.2 Å². The van der Waals surface area contributed by atoms with Crippen LogP contribution in [0.25, 0.3) is 21.6 Å². The number of rotatable bonds is 1. The Kier molecular flexibility index (Phi) is 3.33. The predicted octanol–water partition coefficient (Wildman–Crippen LogP) is 2.03. The van der Waals surface area contributed by atoms with Crippen molar-refractivity contribution in [2.75, 3.05) is 0 Å². The fourth-order valence-electron chi connectivity index (χ4n) is 1.50. The minimum atomic E-state index is -0.432. The summed E-state index contributed by atoms with van der Waals surface area (Å²) in [4.78, 5) is 3.79. The fraction of sp³-hybridized carbons (Fsp3) is 0.100. The number of hydrogen-bond donors (Lipinski definition) is 0. The smallest absolute Gasteiger partial charge is 0.259 e. The minimum absolute atomic E-state index is 0. The van der Waals surface area contributed by atoms with E-state index < -0.39 is 5.26 Å². The summed E-state index contributed by atoms with van der Waals surface area (Å²) < 4.78 is 15.5. The molecule has 0 spiro atoms. The van der Waals surface area contributed by atoms with Gasteiger partial charge in [-0.15, -0.1) is 40.2 Å². The molecular formula is C10H6FIrN4S-. The second kappa shape index (κ2) is 4.60. The molecule has 0 unspecified atom stereocenters. The standard InChI is InChI=1S/C10H6FN4S.Ir/c1-15-5-12-14-9(15)6-2-3-8-7(4-6)13-10(11)16-8;/h3-5H,1H3;/q-1;. The Labute approximate surface area is 114 Å². The van der Waals surface area contributed by atoms with Gasteiger partial charge >= 0.3 is 0 Å². The van der Waals surface area contributed by atoms with Crippen LogP contribution in [0.15, 0.2) is 18.5 Å². The average Bonchev–Trinajstić information content (AvgIpc) is 2.81. The van der Waals surface area contributed by atoms with Crippen LogP contribution in [-0.2, 0) is 27.2 Å². The third-order valence-electron chi connectivity index (χ3n) is 2.25. The number of nitrogens with zero attached hydrogens (tertiary/aromatic N) is 4. The van der Waals surface area contributed by atoms with E-state index in [4.69, 9.17) is 0 Å². The van der Waals surface area contributed by atoms with Gasteiger partial charge in [-0.2, -0.15) is 9.49 Å². The van der Waals surface area contributed by atoms with E-state index in [1.165, 1.54) is 0 Å². The summed E-state index contributed by atoms with van der Waals surface area (Å²) in [5.74, 6) is 0.690. The summed E-state index contributed by atoms with van der Waals surface area (Å²) >= 11 is 1.01. The normalized spacial score (nSPS) is 10.5. The summed E-state index contributed by atoms with van der Waals surface area (Å²) in [6, 6.07) is 6.53. The second-order valence-electron chi connectivity index (χ2n) is 3.33. The Hall–Kier alpha value is -1.17. The van der Waals surface area contributed by atoms with E-state index >= 15 is 0 Å². The Bertz CT molecular complexity index is 663. The Morgan fingerprint density at radius 3 is 3.00 bits per heavy atom. The average molecular weight is 425 g/mol. The van der Waals surface area contributed by atoms with Crippen molar-refractivity contribution in [2.24, 2.45) is 7.05 Å². The van der Waals surface area contributed by atoms with Crippen molar-refractivity contribution >= 4 is 21.6 Å². The van der Waals surface area contributed by atoms with E-state index in [9.17, 15) is 4.39 Å². The van der Waals surface area contributed by atoms with Gasteiger partial charge in [-0.25, -0.2) is 4.98 Å². The Morgan fingerprint density at radius 2 is 2.29 bits per heavy atom. The van der Waals surface area contributed by atoms with Gasteiger partial charge in [0, 0.05) is 32.7 Å². The molecule has 0 aliphatic carbocycles. The molecule has 7 heteroatoms. The largest absolute Gasteiger partial charge is 0.357 e. The maximum absolute atomic E-state index is 12.9. The van der Waals surface area contributed by atoms with Crippen molar-refractivity contribution in [1.29, 1.82) is 0 Å². The van der Waals surface area contributed by atoms with Crippen LogP contribution >= 0.6 is 11.3 Å². The zero-order valence-corrected chi connectivity index (χ0v) is 11.9. The summed E-state index contributed by atoms with van der Waals surface area (Å²) in [5.41, 5.74) is 1.39. The van der Waals surface area contributed by atoms with Crippen LogP contribution in [0, 0.1) is 11.3 Å². The molecule has 0 N–H and O–H groups in total. The molecule has 3 aromatic rings. The molecule has 2 aromatic heterocycles. The number of aromatic nitrogens is 4. The first-order chi connectivity index (χ1) is 7.74. The Morgan fingerprint density at radius 1 is 1.47 bits per heavy atom. The third-order valence-corrected chi connectivity index (χ3v) is 3.05. The topological polar surface area (TPSA) is 43.6 Å². The molecule has 0 atom stereocenters. The maximum atomic E-state index is 12.9. The molecule has 2 heterocycles. The van der Waals surface area contributed by atoms with Crippen LogP contribution in [-0.4, -0.2) is 19.7 Å². The molecule has 1 aromatic carbocycles. The van der Waals surface area contributed by atoms with Crippen molar-refractivity contribution in [2.45, 2.75) is 0 Å². The van der Waals surface area contributed by atoms with Gasteiger partial charge in [0.05, 0.1) is 5.82 Å². The summed E-state index contributed by atoms with van der Waals surface area (Å²) in [6.45, 7) is 0. The molecule has 0 aliphatic heterocycles. The molecule has 89 valence electrons.